The molecule has 3 aliphatic rings. The fourth-order valence-corrected chi connectivity index (χ4v) is 8.60. The number of phosphoric acid groups is 4. The van der Waals surface area contributed by atoms with Crippen molar-refractivity contribution in [3.05, 3.63) is 41.5 Å². The van der Waals surface area contributed by atoms with Crippen molar-refractivity contribution in [3.63, 3.8) is 0 Å². The molecule has 2 aromatic carbocycles. The minimum atomic E-state index is -5.70. The zero-order chi connectivity index (χ0) is 44.0. The smallest absolute Gasteiger partial charge is 0.470 e. The van der Waals surface area contributed by atoms with Crippen LogP contribution in [0.25, 0.3) is 0 Å². The normalized spacial score (nSPS) is 30.6. The van der Waals surface area contributed by atoms with Crippen LogP contribution in [0.2, 0.25) is 0 Å². The zero-order valence-electron chi connectivity index (χ0n) is 29.9. The molecule has 332 valence electrons. The Morgan fingerprint density at radius 1 is 0.712 bits per heavy atom. The number of aliphatic hydroxyl groups is 2. The highest BCUT2D eigenvalue weighted by atomic mass is 31.2. The fraction of sp³-hybridized carbons (Fsp3) is 0.536. The average molecular weight is 930 g/mol. The molecule has 0 radical (unpaired) electrons. The predicted molar refractivity (Wildman–Crippen MR) is 184 cm³/mol. The number of ether oxygens (including phenoxy) is 6. The van der Waals surface area contributed by atoms with Crippen LogP contribution in [0, 0.1) is 0 Å². The molecular formula is C28H38O27P4. The van der Waals surface area contributed by atoms with E-state index in [4.69, 9.17) is 28.4 Å². The standard InChI is InChI=1S/C28H38O27P4/c1-10-23(52-56(34,35)36)25(54-58(40,41)42)21(32)27(48-10)47-9-19-24(53-57(37,38)39)26(55-59(43,44)45)22(33)28(51-19)49-12-6-14(30)20-15(31)8-17(50-18(20)7-12)11-3-4-16(46-2)13(29)5-11/h3-7,10,17,19,21-30,32-33H,8-9H2,1-2H3,(H2,34,35,36)(H2,37,38,39)(H2,40,41,42)(H2,43,44,45)/t10-,17-,19+,21+,22+,23-,24+,25-,26+,27+,28+/m0/s1. The van der Waals surface area contributed by atoms with E-state index >= 15 is 0 Å². The largest absolute Gasteiger partial charge is 0.507 e. The van der Waals surface area contributed by atoms with E-state index < -0.39 is 123 Å². The van der Waals surface area contributed by atoms with Crippen LogP contribution in [0.1, 0.15) is 35.4 Å². The Balaban J connectivity index is 1.45. The lowest BCUT2D eigenvalue weighted by atomic mass is 9.95. The summed E-state index contributed by atoms with van der Waals surface area (Å²) < 4.78 is 98.7. The highest BCUT2D eigenvalue weighted by Crippen LogP contribution is 2.50. The van der Waals surface area contributed by atoms with Crippen LogP contribution >= 0.6 is 31.3 Å². The summed E-state index contributed by atoms with van der Waals surface area (Å²) in [4.78, 5) is 89.2. The van der Waals surface area contributed by atoms with Gasteiger partial charge in [-0.3, -0.25) is 22.9 Å². The number of carbonyl (C=O) groups excluding carboxylic acids is 1. The number of phosphoric ester groups is 4. The summed E-state index contributed by atoms with van der Waals surface area (Å²) in [6, 6.07) is 6.05. The van der Waals surface area contributed by atoms with Gasteiger partial charge in [-0.05, 0) is 24.6 Å². The van der Waals surface area contributed by atoms with Gasteiger partial charge in [0.2, 0.25) is 6.29 Å². The molecule has 0 amide bonds. The van der Waals surface area contributed by atoms with Gasteiger partial charge in [-0.15, -0.1) is 0 Å². The number of aliphatic hydroxyl groups excluding tert-OH is 2. The lowest BCUT2D eigenvalue weighted by Gasteiger charge is -2.45. The van der Waals surface area contributed by atoms with Crippen molar-refractivity contribution in [3.8, 4) is 28.7 Å². The molecule has 0 bridgehead atoms. The molecule has 59 heavy (non-hydrogen) atoms. The van der Waals surface area contributed by atoms with Crippen LogP contribution in [0.5, 0.6) is 28.7 Å². The van der Waals surface area contributed by atoms with E-state index in [2.05, 4.69) is 18.1 Å². The summed E-state index contributed by atoms with van der Waals surface area (Å²) in [5.74, 6) is -2.27. The number of aromatic hydroxyl groups is 2. The summed E-state index contributed by atoms with van der Waals surface area (Å²) in [7, 11) is -21.1. The first-order chi connectivity index (χ1) is 27.1. The second-order valence-corrected chi connectivity index (χ2v) is 17.7. The van der Waals surface area contributed by atoms with Crippen LogP contribution in [-0.2, 0) is 50.6 Å². The number of hydrogen-bond donors (Lipinski definition) is 12. The van der Waals surface area contributed by atoms with Gasteiger partial charge >= 0.3 is 31.3 Å². The second kappa shape index (κ2) is 18.0. The molecule has 0 unspecified atom stereocenters. The number of rotatable bonds is 15. The Bertz CT molecular complexity index is 2040. The molecule has 2 fully saturated rings. The van der Waals surface area contributed by atoms with Gasteiger partial charge in [0.1, 0.15) is 71.6 Å². The number of ketones is 1. The third kappa shape index (κ3) is 12.3. The zero-order valence-corrected chi connectivity index (χ0v) is 33.5. The van der Waals surface area contributed by atoms with E-state index in [-0.39, 0.29) is 29.2 Å². The summed E-state index contributed by atoms with van der Waals surface area (Å²) in [5.41, 5.74) is -0.00306. The summed E-state index contributed by atoms with van der Waals surface area (Å²) >= 11 is 0. The first kappa shape index (κ1) is 47.4. The molecule has 11 atom stereocenters. The van der Waals surface area contributed by atoms with Gasteiger partial charge in [-0.1, -0.05) is 6.07 Å². The molecule has 3 heterocycles. The number of Topliss-reactive ketones (excluding diaryl/α,β-unsaturated/α-hetero) is 1. The van der Waals surface area contributed by atoms with E-state index in [1.165, 1.54) is 25.3 Å². The minimum Gasteiger partial charge on any atom is -0.507 e. The Kier molecular flexibility index (Phi) is 14.4. The van der Waals surface area contributed by atoms with Crippen molar-refractivity contribution >= 4 is 37.1 Å². The third-order valence-corrected chi connectivity index (χ3v) is 10.7. The number of benzene rings is 2. The van der Waals surface area contributed by atoms with Gasteiger partial charge in [0.15, 0.2) is 23.6 Å². The van der Waals surface area contributed by atoms with Crippen LogP contribution in [0.4, 0.5) is 0 Å². The quantitative estimate of drug-likeness (QED) is 0.0984. The Hall–Kier alpha value is -2.65. The molecule has 12 N–H and O–H groups in total. The third-order valence-electron chi connectivity index (χ3n) is 8.63. The first-order valence-corrected chi connectivity index (χ1v) is 22.6. The monoisotopic (exact) mass is 930 g/mol. The minimum absolute atomic E-state index is 0.116. The van der Waals surface area contributed by atoms with Gasteiger partial charge in [0.05, 0.1) is 26.2 Å². The van der Waals surface area contributed by atoms with Crippen molar-refractivity contribution in [2.45, 2.75) is 80.9 Å². The van der Waals surface area contributed by atoms with Crippen LogP contribution in [0.15, 0.2) is 30.3 Å². The average Bonchev–Trinajstić information content (AvgIpc) is 3.08. The van der Waals surface area contributed by atoms with Gasteiger partial charge in [-0.2, -0.15) is 0 Å². The molecular weight excluding hydrogens is 892 g/mol. The Labute approximate surface area is 330 Å². The molecule has 0 saturated carbocycles. The molecule has 0 spiro atoms. The highest BCUT2D eigenvalue weighted by molar-refractivity contribution is 7.47. The summed E-state index contributed by atoms with van der Waals surface area (Å²) in [6.45, 7) is -0.100. The highest BCUT2D eigenvalue weighted by Gasteiger charge is 2.54. The summed E-state index contributed by atoms with van der Waals surface area (Å²) in [5, 5.41) is 43.1. The number of fused-ring (bicyclic) bond motifs is 1. The van der Waals surface area contributed by atoms with Crippen LogP contribution in [0.3, 0.4) is 0 Å². The maximum Gasteiger partial charge on any atom is 0.470 e. The molecule has 5 rings (SSSR count). The van der Waals surface area contributed by atoms with Crippen molar-refractivity contribution in [1.82, 2.24) is 0 Å². The fourth-order valence-electron chi connectivity index (χ4n) is 6.30. The molecule has 31 heteroatoms. The van der Waals surface area contributed by atoms with E-state index in [1.807, 2.05) is 0 Å². The summed E-state index contributed by atoms with van der Waals surface area (Å²) in [6.07, 6.45) is -23.4. The SMILES string of the molecule is COc1ccc([C@@H]2CC(=O)c3c(O)cc(O[C@@H]4O[C@H](CO[C@@H]5O[C@@H](C)[C@H](OP(=O)(O)O)[C@@H](OP(=O)(O)O)[C@H]5O)[C@@H](OP(=O)(O)O)[C@H](OP(=O)(O)O)[C@H]4O)cc3O2)cc1O. The van der Waals surface area contributed by atoms with E-state index in [0.29, 0.717) is 5.56 Å². The Morgan fingerprint density at radius 3 is 1.81 bits per heavy atom. The van der Waals surface area contributed by atoms with Crippen molar-refractivity contribution in [1.29, 1.82) is 0 Å². The number of phenols is 2. The van der Waals surface area contributed by atoms with E-state index in [0.717, 1.165) is 19.1 Å². The topological polar surface area (TPSA) is 420 Å². The van der Waals surface area contributed by atoms with Gasteiger partial charge in [0.25, 0.3) is 0 Å². The lowest BCUT2D eigenvalue weighted by Crippen LogP contribution is -2.62. The first-order valence-electron chi connectivity index (χ1n) is 16.5. The second-order valence-electron chi connectivity index (χ2n) is 12.9. The molecule has 0 aliphatic carbocycles. The maximum absolute atomic E-state index is 13.1. The van der Waals surface area contributed by atoms with Crippen LogP contribution < -0.4 is 14.2 Å². The predicted octanol–water partition coefficient (Wildman–Crippen LogP) is -0.689. The van der Waals surface area contributed by atoms with Crippen molar-refractivity contribution < 1.29 is 129 Å². The molecule has 3 aliphatic heterocycles. The molecule has 2 aromatic rings. The van der Waals surface area contributed by atoms with Gasteiger partial charge < -0.3 is 88.0 Å². The maximum atomic E-state index is 13.1. The molecule has 2 saturated heterocycles. The van der Waals surface area contributed by atoms with Crippen molar-refractivity contribution in [2.75, 3.05) is 13.7 Å². The number of carbonyl (C=O) groups is 1. The van der Waals surface area contributed by atoms with Gasteiger partial charge in [-0.25, -0.2) is 18.3 Å². The van der Waals surface area contributed by atoms with E-state index in [1.54, 1.807) is 0 Å². The van der Waals surface area contributed by atoms with Crippen LogP contribution in [-0.4, -0.2) is 140 Å². The van der Waals surface area contributed by atoms with Crippen molar-refractivity contribution in [2.24, 2.45) is 0 Å². The number of phenolic OH excluding ortho intramolecular Hbond substituents is 2. The van der Waals surface area contributed by atoms with E-state index in [9.17, 15) is 82.6 Å². The lowest BCUT2D eigenvalue weighted by molar-refractivity contribution is -0.313. The van der Waals surface area contributed by atoms with Gasteiger partial charge in [0, 0.05) is 12.1 Å². The number of methoxy groups -OCH3 is 1. The number of hydrogen-bond acceptors (Lipinski definition) is 19. The molecule has 0 aromatic heterocycles. The Morgan fingerprint density at radius 2 is 1.25 bits per heavy atom. The molecule has 27 nitrogen and oxygen atoms in total.